The summed E-state index contributed by atoms with van der Waals surface area (Å²) in [6, 6.07) is 0.705. The van der Waals surface area contributed by atoms with Crippen LogP contribution in [0.25, 0.3) is 0 Å². The number of amides is 1. The molecule has 106 valence electrons. The Hall–Kier alpha value is -0.570. The molecule has 3 heteroatoms. The highest BCUT2D eigenvalue weighted by atomic mass is 16.1. The maximum atomic E-state index is 10.6. The van der Waals surface area contributed by atoms with Gasteiger partial charge in [-0.1, -0.05) is 26.7 Å². The van der Waals surface area contributed by atoms with Crippen molar-refractivity contribution in [2.75, 3.05) is 6.54 Å². The van der Waals surface area contributed by atoms with Gasteiger partial charge in [-0.15, -0.1) is 0 Å². The van der Waals surface area contributed by atoms with Gasteiger partial charge in [0, 0.05) is 12.5 Å². The molecule has 1 aliphatic rings. The maximum Gasteiger partial charge on any atom is 0.217 e. The summed E-state index contributed by atoms with van der Waals surface area (Å²) in [7, 11) is 0. The van der Waals surface area contributed by atoms with Crippen LogP contribution in [0.15, 0.2) is 0 Å². The minimum atomic E-state index is -0.176. The number of carbonyl (C=O) groups is 1. The number of unbranched alkanes of at least 4 members (excludes halogenated alkanes) is 1. The molecule has 1 fully saturated rings. The molecule has 0 aliphatic heterocycles. The van der Waals surface area contributed by atoms with E-state index in [1.165, 1.54) is 32.1 Å². The molecule has 2 atom stereocenters. The average Bonchev–Trinajstić information content (AvgIpc) is 2.27. The van der Waals surface area contributed by atoms with Crippen molar-refractivity contribution < 1.29 is 4.79 Å². The van der Waals surface area contributed by atoms with E-state index in [9.17, 15) is 4.79 Å². The van der Waals surface area contributed by atoms with Gasteiger partial charge in [0.1, 0.15) is 0 Å². The molecule has 0 aromatic heterocycles. The van der Waals surface area contributed by atoms with Crippen molar-refractivity contribution in [2.45, 2.75) is 71.3 Å². The summed E-state index contributed by atoms with van der Waals surface area (Å²) in [5.41, 5.74) is 5.12. The Labute approximate surface area is 112 Å². The molecule has 1 saturated carbocycles. The second-order valence-corrected chi connectivity index (χ2v) is 6.24. The third-order valence-electron chi connectivity index (χ3n) is 3.87. The van der Waals surface area contributed by atoms with E-state index in [0.717, 1.165) is 31.2 Å². The Kier molecular flexibility index (Phi) is 7.33. The van der Waals surface area contributed by atoms with Gasteiger partial charge in [0.25, 0.3) is 0 Å². The molecular formula is C15H30N2O. The van der Waals surface area contributed by atoms with Gasteiger partial charge in [-0.2, -0.15) is 0 Å². The maximum absolute atomic E-state index is 10.6. The number of primary amides is 1. The second-order valence-electron chi connectivity index (χ2n) is 6.24. The molecule has 0 aromatic rings. The minimum Gasteiger partial charge on any atom is -0.370 e. The Balaban J connectivity index is 2.08. The van der Waals surface area contributed by atoms with Crippen LogP contribution in [0, 0.1) is 11.8 Å². The summed E-state index contributed by atoms with van der Waals surface area (Å²) in [5.74, 6) is 1.57. The number of nitrogens with one attached hydrogen (secondary N) is 1. The normalized spacial score (nSPS) is 24.4. The van der Waals surface area contributed by atoms with E-state index in [-0.39, 0.29) is 5.91 Å². The molecule has 0 saturated heterocycles. The largest absolute Gasteiger partial charge is 0.370 e. The number of rotatable bonds is 8. The predicted octanol–water partition coefficient (Wildman–Crippen LogP) is 2.84. The summed E-state index contributed by atoms with van der Waals surface area (Å²) >= 11 is 0. The van der Waals surface area contributed by atoms with Crippen LogP contribution in [0.5, 0.6) is 0 Å². The first kappa shape index (κ1) is 15.5. The van der Waals surface area contributed by atoms with Crippen LogP contribution in [0.4, 0.5) is 0 Å². The average molecular weight is 254 g/mol. The van der Waals surface area contributed by atoms with E-state index in [2.05, 4.69) is 19.2 Å². The van der Waals surface area contributed by atoms with Crippen LogP contribution in [0.3, 0.4) is 0 Å². The Morgan fingerprint density at radius 3 is 2.78 bits per heavy atom. The van der Waals surface area contributed by atoms with E-state index in [0.29, 0.717) is 12.5 Å². The molecule has 0 radical (unpaired) electrons. The summed E-state index contributed by atoms with van der Waals surface area (Å²) < 4.78 is 0. The molecule has 0 heterocycles. The Bertz CT molecular complexity index is 241. The van der Waals surface area contributed by atoms with E-state index in [4.69, 9.17) is 5.73 Å². The summed E-state index contributed by atoms with van der Waals surface area (Å²) in [5, 5.41) is 3.65. The lowest BCUT2D eigenvalue weighted by atomic mass is 9.81. The molecule has 2 unspecified atom stereocenters. The van der Waals surface area contributed by atoms with Crippen molar-refractivity contribution in [3.63, 3.8) is 0 Å². The molecule has 3 nitrogen and oxygen atoms in total. The highest BCUT2D eigenvalue weighted by Gasteiger charge is 2.21. The van der Waals surface area contributed by atoms with E-state index in [1.54, 1.807) is 0 Å². The zero-order chi connectivity index (χ0) is 13.4. The van der Waals surface area contributed by atoms with Gasteiger partial charge in [-0.3, -0.25) is 4.79 Å². The lowest BCUT2D eigenvalue weighted by Gasteiger charge is -2.31. The molecule has 0 spiro atoms. The zero-order valence-electron chi connectivity index (χ0n) is 12.1. The monoisotopic (exact) mass is 254 g/mol. The molecule has 18 heavy (non-hydrogen) atoms. The Morgan fingerprint density at radius 1 is 1.33 bits per heavy atom. The molecular weight excluding hydrogens is 224 g/mol. The van der Waals surface area contributed by atoms with Gasteiger partial charge in [-0.25, -0.2) is 0 Å². The van der Waals surface area contributed by atoms with Crippen LogP contribution in [0.2, 0.25) is 0 Å². The first-order chi connectivity index (χ1) is 8.58. The third-order valence-corrected chi connectivity index (χ3v) is 3.87. The van der Waals surface area contributed by atoms with E-state index in [1.807, 2.05) is 0 Å². The van der Waals surface area contributed by atoms with Crippen molar-refractivity contribution in [1.82, 2.24) is 5.32 Å². The van der Waals surface area contributed by atoms with Gasteiger partial charge in [0.15, 0.2) is 0 Å². The number of hydrogen-bond acceptors (Lipinski definition) is 2. The predicted molar refractivity (Wildman–Crippen MR) is 76.2 cm³/mol. The fourth-order valence-corrected chi connectivity index (χ4v) is 3.09. The van der Waals surface area contributed by atoms with Crippen LogP contribution < -0.4 is 11.1 Å². The SMILES string of the molecule is CC(C)CC1CCCC(NCCCCC(N)=O)C1. The van der Waals surface area contributed by atoms with E-state index >= 15 is 0 Å². The smallest absolute Gasteiger partial charge is 0.217 e. The molecule has 3 N–H and O–H groups in total. The summed E-state index contributed by atoms with van der Waals surface area (Å²) in [6.07, 6.45) is 9.34. The Morgan fingerprint density at radius 2 is 2.11 bits per heavy atom. The molecule has 0 aromatic carbocycles. The molecule has 1 rings (SSSR count). The van der Waals surface area contributed by atoms with Crippen LogP contribution in [-0.4, -0.2) is 18.5 Å². The van der Waals surface area contributed by atoms with Crippen LogP contribution in [-0.2, 0) is 4.79 Å². The third kappa shape index (κ3) is 7.00. The lowest BCUT2D eigenvalue weighted by molar-refractivity contribution is -0.118. The lowest BCUT2D eigenvalue weighted by Crippen LogP contribution is -2.35. The molecule has 1 aliphatic carbocycles. The summed E-state index contributed by atoms with van der Waals surface area (Å²) in [4.78, 5) is 10.6. The van der Waals surface area contributed by atoms with Gasteiger partial charge in [0.2, 0.25) is 5.91 Å². The zero-order valence-corrected chi connectivity index (χ0v) is 12.1. The van der Waals surface area contributed by atoms with E-state index < -0.39 is 0 Å². The quantitative estimate of drug-likeness (QED) is 0.654. The van der Waals surface area contributed by atoms with Crippen molar-refractivity contribution in [3.8, 4) is 0 Å². The minimum absolute atomic E-state index is 0.176. The molecule has 1 amide bonds. The van der Waals surface area contributed by atoms with Crippen molar-refractivity contribution >= 4 is 5.91 Å². The van der Waals surface area contributed by atoms with Gasteiger partial charge < -0.3 is 11.1 Å². The van der Waals surface area contributed by atoms with Crippen molar-refractivity contribution in [3.05, 3.63) is 0 Å². The highest BCUT2D eigenvalue weighted by Crippen LogP contribution is 2.29. The highest BCUT2D eigenvalue weighted by molar-refractivity contribution is 5.73. The summed E-state index contributed by atoms with van der Waals surface area (Å²) in [6.45, 7) is 5.67. The van der Waals surface area contributed by atoms with Crippen molar-refractivity contribution in [1.29, 1.82) is 0 Å². The first-order valence-corrected chi connectivity index (χ1v) is 7.59. The van der Waals surface area contributed by atoms with Crippen LogP contribution in [0.1, 0.15) is 65.2 Å². The number of hydrogen-bond donors (Lipinski definition) is 2. The van der Waals surface area contributed by atoms with Gasteiger partial charge in [-0.05, 0) is 50.5 Å². The number of carbonyl (C=O) groups excluding carboxylic acids is 1. The fourth-order valence-electron chi connectivity index (χ4n) is 3.09. The molecule has 0 bridgehead atoms. The fraction of sp³-hybridized carbons (Fsp3) is 0.933. The topological polar surface area (TPSA) is 55.1 Å². The second kappa shape index (κ2) is 8.52. The van der Waals surface area contributed by atoms with Crippen LogP contribution >= 0.6 is 0 Å². The van der Waals surface area contributed by atoms with Gasteiger partial charge >= 0.3 is 0 Å². The van der Waals surface area contributed by atoms with Gasteiger partial charge in [0.05, 0.1) is 0 Å². The first-order valence-electron chi connectivity index (χ1n) is 7.59. The number of nitrogens with two attached hydrogens (primary N) is 1. The standard InChI is InChI=1S/C15H30N2O/c1-12(2)10-13-6-5-7-14(11-13)17-9-4-3-8-15(16)18/h12-14,17H,3-11H2,1-2H3,(H2,16,18). The van der Waals surface area contributed by atoms with Crippen molar-refractivity contribution in [2.24, 2.45) is 17.6 Å².